The third-order valence-corrected chi connectivity index (χ3v) is 3.11. The highest BCUT2D eigenvalue weighted by Crippen LogP contribution is 2.16. The normalized spacial score (nSPS) is 10.5. The molecular weight excluding hydrogens is 299 g/mol. The summed E-state index contributed by atoms with van der Waals surface area (Å²) in [5, 5.41) is 10.5. The minimum absolute atomic E-state index is 0.137. The highest BCUT2D eigenvalue weighted by molar-refractivity contribution is 5.78. The molecule has 116 valence electrons. The standard InChI is InChI=1S/C16H13FN4O2/c17-13-3-1-11(2-4-13)9-14(22)19-10-15-20-21-16(23-15)12-5-7-18-8-6-12/h1-8H,9-10H2,(H,19,22). The summed E-state index contributed by atoms with van der Waals surface area (Å²) in [4.78, 5) is 15.8. The summed E-state index contributed by atoms with van der Waals surface area (Å²) in [6.45, 7) is 0.137. The van der Waals surface area contributed by atoms with Crippen molar-refractivity contribution < 1.29 is 13.6 Å². The monoisotopic (exact) mass is 312 g/mol. The molecule has 0 saturated heterocycles. The van der Waals surface area contributed by atoms with Crippen molar-refractivity contribution in [2.75, 3.05) is 0 Å². The van der Waals surface area contributed by atoms with Crippen LogP contribution in [0.1, 0.15) is 11.5 Å². The lowest BCUT2D eigenvalue weighted by Gasteiger charge is -2.02. The second-order valence-corrected chi connectivity index (χ2v) is 4.82. The van der Waals surface area contributed by atoms with Crippen molar-refractivity contribution in [1.29, 1.82) is 0 Å². The van der Waals surface area contributed by atoms with Gasteiger partial charge in [-0.2, -0.15) is 0 Å². The first-order chi connectivity index (χ1) is 11.2. The van der Waals surface area contributed by atoms with Crippen LogP contribution in [0.2, 0.25) is 0 Å². The number of carbonyl (C=O) groups is 1. The molecule has 1 N–H and O–H groups in total. The molecule has 0 aliphatic carbocycles. The Morgan fingerprint density at radius 1 is 1.09 bits per heavy atom. The van der Waals surface area contributed by atoms with E-state index in [1.54, 1.807) is 36.7 Å². The van der Waals surface area contributed by atoms with Crippen LogP contribution in [0.4, 0.5) is 4.39 Å². The zero-order valence-corrected chi connectivity index (χ0v) is 12.1. The molecule has 6 nitrogen and oxygen atoms in total. The fourth-order valence-corrected chi connectivity index (χ4v) is 1.96. The van der Waals surface area contributed by atoms with Crippen LogP contribution in [-0.4, -0.2) is 21.1 Å². The SMILES string of the molecule is O=C(Cc1ccc(F)cc1)NCc1nnc(-c2ccncc2)o1. The average Bonchev–Trinajstić information content (AvgIpc) is 3.05. The maximum absolute atomic E-state index is 12.8. The van der Waals surface area contributed by atoms with Crippen LogP contribution >= 0.6 is 0 Å². The van der Waals surface area contributed by atoms with Crippen molar-refractivity contribution >= 4 is 5.91 Å². The average molecular weight is 312 g/mol. The molecule has 1 aromatic carbocycles. The van der Waals surface area contributed by atoms with Gasteiger partial charge < -0.3 is 9.73 Å². The predicted molar refractivity (Wildman–Crippen MR) is 79.5 cm³/mol. The third kappa shape index (κ3) is 3.97. The first-order valence-corrected chi connectivity index (χ1v) is 6.94. The molecule has 2 heterocycles. The number of rotatable bonds is 5. The zero-order chi connectivity index (χ0) is 16.1. The number of hydrogen-bond donors (Lipinski definition) is 1. The van der Waals surface area contributed by atoms with E-state index in [2.05, 4.69) is 20.5 Å². The largest absolute Gasteiger partial charge is 0.419 e. The number of amides is 1. The van der Waals surface area contributed by atoms with Gasteiger partial charge in [0.25, 0.3) is 0 Å². The number of nitrogens with zero attached hydrogens (tertiary/aromatic N) is 3. The minimum Gasteiger partial charge on any atom is -0.419 e. The lowest BCUT2D eigenvalue weighted by atomic mass is 10.1. The number of aromatic nitrogens is 3. The van der Waals surface area contributed by atoms with Gasteiger partial charge in [0.15, 0.2) is 0 Å². The molecule has 0 spiro atoms. The fourth-order valence-electron chi connectivity index (χ4n) is 1.96. The molecule has 0 aliphatic rings. The summed E-state index contributed by atoms with van der Waals surface area (Å²) >= 11 is 0. The van der Waals surface area contributed by atoms with E-state index in [4.69, 9.17) is 4.42 Å². The van der Waals surface area contributed by atoms with E-state index in [0.29, 0.717) is 11.8 Å². The molecule has 3 aromatic rings. The van der Waals surface area contributed by atoms with Crippen LogP contribution in [-0.2, 0) is 17.8 Å². The van der Waals surface area contributed by atoms with Gasteiger partial charge in [-0.1, -0.05) is 12.1 Å². The Kier molecular flexibility index (Phi) is 4.37. The number of nitrogens with one attached hydrogen (secondary N) is 1. The molecule has 1 amide bonds. The first-order valence-electron chi connectivity index (χ1n) is 6.94. The Morgan fingerprint density at radius 2 is 1.83 bits per heavy atom. The van der Waals surface area contributed by atoms with Gasteiger partial charge in [-0.05, 0) is 29.8 Å². The topological polar surface area (TPSA) is 80.9 Å². The molecule has 0 aliphatic heterocycles. The summed E-state index contributed by atoms with van der Waals surface area (Å²) in [5.41, 5.74) is 1.49. The Bertz CT molecular complexity index is 787. The smallest absolute Gasteiger partial charge is 0.247 e. The number of hydrogen-bond acceptors (Lipinski definition) is 5. The maximum atomic E-state index is 12.8. The van der Waals surface area contributed by atoms with Crippen LogP contribution in [0.5, 0.6) is 0 Å². The Labute approximate surface area is 131 Å². The van der Waals surface area contributed by atoms with Gasteiger partial charge in [0, 0.05) is 18.0 Å². The molecule has 0 saturated carbocycles. The van der Waals surface area contributed by atoms with Gasteiger partial charge in [-0.3, -0.25) is 9.78 Å². The van der Waals surface area contributed by atoms with E-state index in [1.165, 1.54) is 12.1 Å². The van der Waals surface area contributed by atoms with E-state index >= 15 is 0 Å². The van der Waals surface area contributed by atoms with E-state index in [1.807, 2.05) is 0 Å². The predicted octanol–water partition coefficient (Wildman–Crippen LogP) is 2.13. The second kappa shape index (κ2) is 6.78. The minimum atomic E-state index is -0.330. The van der Waals surface area contributed by atoms with Gasteiger partial charge in [0.2, 0.25) is 17.7 Å². The fraction of sp³-hybridized carbons (Fsp3) is 0.125. The summed E-state index contributed by atoms with van der Waals surface area (Å²) in [7, 11) is 0. The zero-order valence-electron chi connectivity index (χ0n) is 12.1. The van der Waals surface area contributed by atoms with Crippen LogP contribution in [0.15, 0.2) is 53.2 Å². The summed E-state index contributed by atoms with van der Waals surface area (Å²) in [6, 6.07) is 9.30. The Hall–Kier alpha value is -3.09. The molecule has 0 bridgehead atoms. The summed E-state index contributed by atoms with van der Waals surface area (Å²) < 4.78 is 18.3. The Morgan fingerprint density at radius 3 is 2.57 bits per heavy atom. The van der Waals surface area contributed by atoms with Crippen molar-refractivity contribution in [2.24, 2.45) is 0 Å². The molecule has 0 radical (unpaired) electrons. The van der Waals surface area contributed by atoms with E-state index in [0.717, 1.165) is 11.1 Å². The number of pyridine rings is 1. The first kappa shape index (κ1) is 14.8. The summed E-state index contributed by atoms with van der Waals surface area (Å²) in [6.07, 6.45) is 3.42. The molecule has 2 aromatic heterocycles. The van der Waals surface area contributed by atoms with Gasteiger partial charge >= 0.3 is 0 Å². The lowest BCUT2D eigenvalue weighted by molar-refractivity contribution is -0.120. The molecule has 7 heteroatoms. The van der Waals surface area contributed by atoms with Gasteiger partial charge in [-0.15, -0.1) is 10.2 Å². The van der Waals surface area contributed by atoms with Crippen LogP contribution in [0.25, 0.3) is 11.5 Å². The number of carbonyl (C=O) groups excluding carboxylic acids is 1. The summed E-state index contributed by atoms with van der Waals surface area (Å²) in [5.74, 6) is 0.142. The van der Waals surface area contributed by atoms with Crippen molar-refractivity contribution in [3.63, 3.8) is 0 Å². The highest BCUT2D eigenvalue weighted by atomic mass is 19.1. The molecule has 0 fully saturated rings. The van der Waals surface area contributed by atoms with E-state index < -0.39 is 0 Å². The molecule has 23 heavy (non-hydrogen) atoms. The van der Waals surface area contributed by atoms with Crippen molar-refractivity contribution in [2.45, 2.75) is 13.0 Å². The lowest BCUT2D eigenvalue weighted by Crippen LogP contribution is -2.24. The van der Waals surface area contributed by atoms with Crippen LogP contribution < -0.4 is 5.32 Å². The van der Waals surface area contributed by atoms with Crippen molar-refractivity contribution in [3.8, 4) is 11.5 Å². The van der Waals surface area contributed by atoms with E-state index in [-0.39, 0.29) is 24.7 Å². The number of benzene rings is 1. The molecular formula is C16H13FN4O2. The molecule has 0 unspecified atom stereocenters. The van der Waals surface area contributed by atoms with E-state index in [9.17, 15) is 9.18 Å². The van der Waals surface area contributed by atoms with Gasteiger partial charge in [0.05, 0.1) is 13.0 Å². The van der Waals surface area contributed by atoms with Crippen LogP contribution in [0, 0.1) is 5.82 Å². The van der Waals surface area contributed by atoms with Gasteiger partial charge in [0.1, 0.15) is 5.82 Å². The van der Waals surface area contributed by atoms with Crippen LogP contribution in [0.3, 0.4) is 0 Å². The number of halogens is 1. The second-order valence-electron chi connectivity index (χ2n) is 4.82. The van der Waals surface area contributed by atoms with Gasteiger partial charge in [-0.25, -0.2) is 4.39 Å². The molecule has 3 rings (SSSR count). The highest BCUT2D eigenvalue weighted by Gasteiger charge is 2.10. The maximum Gasteiger partial charge on any atom is 0.247 e. The van der Waals surface area contributed by atoms with Crippen molar-refractivity contribution in [3.05, 3.63) is 66.1 Å². The molecule has 0 atom stereocenters. The quantitative estimate of drug-likeness (QED) is 0.780. The Balaban J connectivity index is 1.55. The third-order valence-electron chi connectivity index (χ3n) is 3.11. The van der Waals surface area contributed by atoms with Crippen molar-refractivity contribution in [1.82, 2.24) is 20.5 Å².